The second-order valence-electron chi connectivity index (χ2n) is 5.60. The van der Waals surface area contributed by atoms with Crippen LogP contribution in [-0.2, 0) is 4.74 Å². The molecule has 1 unspecified atom stereocenters. The molecule has 2 saturated heterocycles. The van der Waals surface area contributed by atoms with E-state index in [-0.39, 0.29) is 5.97 Å². The fourth-order valence-corrected chi connectivity index (χ4v) is 4.13. The normalized spacial score (nSPS) is 22.9. The van der Waals surface area contributed by atoms with E-state index in [1.807, 2.05) is 0 Å². The van der Waals surface area contributed by atoms with Crippen molar-refractivity contribution in [1.82, 2.24) is 9.27 Å². The molecule has 0 radical (unpaired) electrons. The highest BCUT2D eigenvalue weighted by Crippen LogP contribution is 2.34. The second kappa shape index (κ2) is 6.19. The highest BCUT2D eigenvalue weighted by Gasteiger charge is 2.32. The molecule has 6 nitrogen and oxygen atoms in total. The quantitative estimate of drug-likeness (QED) is 0.855. The summed E-state index contributed by atoms with van der Waals surface area (Å²) < 4.78 is 9.30. The van der Waals surface area contributed by atoms with Crippen molar-refractivity contribution < 1.29 is 9.53 Å². The van der Waals surface area contributed by atoms with Crippen LogP contribution in [0.3, 0.4) is 0 Å². The number of aromatic nitrogens is 1. The Morgan fingerprint density at radius 2 is 2.24 bits per heavy atom. The Morgan fingerprint density at radius 1 is 1.43 bits per heavy atom. The Balaban J connectivity index is 1.84. The average Bonchev–Trinajstić information content (AvgIpc) is 3.00. The first kappa shape index (κ1) is 14.6. The molecule has 2 aliphatic heterocycles. The van der Waals surface area contributed by atoms with Crippen LogP contribution >= 0.6 is 11.5 Å². The van der Waals surface area contributed by atoms with Crippen LogP contribution in [0.2, 0.25) is 0 Å². The highest BCUT2D eigenvalue weighted by molar-refractivity contribution is 7.11. The van der Waals surface area contributed by atoms with Crippen molar-refractivity contribution in [2.45, 2.75) is 32.2 Å². The van der Waals surface area contributed by atoms with Crippen LogP contribution < -0.4 is 10.6 Å². The fraction of sp³-hybridized carbons (Fsp3) is 0.714. The van der Waals surface area contributed by atoms with Crippen LogP contribution in [0, 0.1) is 0 Å². The summed E-state index contributed by atoms with van der Waals surface area (Å²) in [5.74, 6) is -0.0627. The molecule has 3 rings (SSSR count). The lowest BCUT2D eigenvalue weighted by atomic mass is 10.2. The van der Waals surface area contributed by atoms with Gasteiger partial charge in [0, 0.05) is 25.7 Å². The number of anilines is 2. The van der Waals surface area contributed by atoms with Crippen LogP contribution in [0.5, 0.6) is 0 Å². The van der Waals surface area contributed by atoms with E-state index in [9.17, 15) is 4.79 Å². The van der Waals surface area contributed by atoms with Crippen molar-refractivity contribution in [3.63, 3.8) is 0 Å². The molecule has 1 atom stereocenters. The number of rotatable bonds is 3. The molecular formula is C14H22N4O2S. The van der Waals surface area contributed by atoms with Gasteiger partial charge in [-0.15, -0.1) is 0 Å². The van der Waals surface area contributed by atoms with Crippen molar-refractivity contribution in [3.8, 4) is 0 Å². The summed E-state index contributed by atoms with van der Waals surface area (Å²) in [5.41, 5.74) is 6.34. The zero-order valence-corrected chi connectivity index (χ0v) is 13.2. The minimum Gasteiger partial charge on any atom is -0.462 e. The topological polar surface area (TPSA) is 71.7 Å². The summed E-state index contributed by atoms with van der Waals surface area (Å²) in [5, 5.41) is 0.875. The number of carbonyl (C=O) groups excluding carboxylic acids is 1. The number of nitrogens with two attached hydrogens (primary N) is 1. The molecule has 21 heavy (non-hydrogen) atoms. The maximum Gasteiger partial charge on any atom is 0.345 e. The van der Waals surface area contributed by atoms with Crippen molar-refractivity contribution >= 4 is 28.3 Å². The third-order valence-corrected chi connectivity index (χ3v) is 5.19. The molecule has 2 fully saturated rings. The monoisotopic (exact) mass is 310 g/mol. The Bertz CT molecular complexity index is 519. The maximum atomic E-state index is 12.1. The lowest BCUT2D eigenvalue weighted by Gasteiger charge is -2.26. The van der Waals surface area contributed by atoms with Gasteiger partial charge in [0.1, 0.15) is 10.6 Å². The molecule has 0 amide bonds. The van der Waals surface area contributed by atoms with Crippen molar-refractivity contribution in [2.75, 3.05) is 43.4 Å². The minimum atomic E-state index is -0.355. The standard InChI is InChI=1S/C14H22N4O2S/c1-2-20-14(19)11-12(15)16-21-13(11)18-8-4-7-17-6-3-5-10(17)9-18/h10H,2-9H2,1H3,(H2,15,16). The van der Waals surface area contributed by atoms with Gasteiger partial charge < -0.3 is 15.4 Å². The van der Waals surface area contributed by atoms with Gasteiger partial charge in [-0.3, -0.25) is 4.90 Å². The zero-order valence-electron chi connectivity index (χ0n) is 12.4. The first-order chi connectivity index (χ1) is 10.2. The third-order valence-electron chi connectivity index (χ3n) is 4.27. The fourth-order valence-electron chi connectivity index (χ4n) is 3.30. The number of fused-ring (bicyclic) bond motifs is 1. The van der Waals surface area contributed by atoms with E-state index in [2.05, 4.69) is 14.2 Å². The van der Waals surface area contributed by atoms with E-state index in [0.29, 0.717) is 24.0 Å². The Hall–Kier alpha value is -1.34. The number of ether oxygens (including phenoxy) is 1. The largest absolute Gasteiger partial charge is 0.462 e. The predicted octanol–water partition coefficient (Wildman–Crippen LogP) is 1.58. The van der Waals surface area contributed by atoms with Gasteiger partial charge in [-0.25, -0.2) is 4.79 Å². The van der Waals surface area contributed by atoms with Gasteiger partial charge in [0.15, 0.2) is 5.82 Å². The molecule has 2 aliphatic rings. The van der Waals surface area contributed by atoms with Crippen LogP contribution in [0.15, 0.2) is 0 Å². The van der Waals surface area contributed by atoms with Gasteiger partial charge in [-0.05, 0) is 44.3 Å². The molecule has 116 valence electrons. The molecule has 0 bridgehead atoms. The molecule has 1 aromatic rings. The molecule has 0 aromatic carbocycles. The van der Waals surface area contributed by atoms with E-state index in [1.165, 1.54) is 30.9 Å². The van der Waals surface area contributed by atoms with Crippen LogP contribution in [0.4, 0.5) is 10.8 Å². The number of hydrogen-bond acceptors (Lipinski definition) is 7. The Kier molecular flexibility index (Phi) is 4.30. The van der Waals surface area contributed by atoms with Gasteiger partial charge in [0.25, 0.3) is 0 Å². The number of hydrogen-bond donors (Lipinski definition) is 1. The molecular weight excluding hydrogens is 288 g/mol. The summed E-state index contributed by atoms with van der Waals surface area (Å²) in [6, 6.07) is 0.589. The van der Waals surface area contributed by atoms with E-state index >= 15 is 0 Å². The lowest BCUT2D eigenvalue weighted by molar-refractivity contribution is 0.0528. The molecule has 3 heterocycles. The first-order valence-corrected chi connectivity index (χ1v) is 8.39. The number of esters is 1. The maximum absolute atomic E-state index is 12.1. The minimum absolute atomic E-state index is 0.293. The lowest BCUT2D eigenvalue weighted by Crippen LogP contribution is -2.36. The SMILES string of the molecule is CCOC(=O)c1c(N)nsc1N1CCCN2CCCC2C1. The molecule has 0 aliphatic carbocycles. The summed E-state index contributed by atoms with van der Waals surface area (Å²) in [6.07, 6.45) is 3.62. The molecule has 7 heteroatoms. The predicted molar refractivity (Wildman–Crippen MR) is 83.9 cm³/mol. The smallest absolute Gasteiger partial charge is 0.345 e. The van der Waals surface area contributed by atoms with Crippen molar-refractivity contribution in [3.05, 3.63) is 5.56 Å². The summed E-state index contributed by atoms with van der Waals surface area (Å²) in [7, 11) is 0. The van der Waals surface area contributed by atoms with Crippen molar-refractivity contribution in [2.24, 2.45) is 0 Å². The van der Waals surface area contributed by atoms with Crippen LogP contribution in [-0.4, -0.2) is 54.1 Å². The van der Waals surface area contributed by atoms with E-state index in [0.717, 1.165) is 31.1 Å². The van der Waals surface area contributed by atoms with Crippen LogP contribution in [0.1, 0.15) is 36.5 Å². The summed E-state index contributed by atoms with van der Waals surface area (Å²) >= 11 is 1.31. The average molecular weight is 310 g/mol. The number of nitrogen functional groups attached to an aromatic ring is 1. The third kappa shape index (κ3) is 2.85. The van der Waals surface area contributed by atoms with E-state index < -0.39 is 0 Å². The molecule has 2 N–H and O–H groups in total. The molecule has 0 saturated carbocycles. The first-order valence-electron chi connectivity index (χ1n) is 7.62. The van der Waals surface area contributed by atoms with Gasteiger partial charge >= 0.3 is 5.97 Å². The number of carbonyl (C=O) groups is 1. The van der Waals surface area contributed by atoms with Gasteiger partial charge in [-0.1, -0.05) is 0 Å². The van der Waals surface area contributed by atoms with E-state index in [4.69, 9.17) is 10.5 Å². The van der Waals surface area contributed by atoms with Crippen molar-refractivity contribution in [1.29, 1.82) is 0 Å². The van der Waals surface area contributed by atoms with Gasteiger partial charge in [0.2, 0.25) is 0 Å². The zero-order chi connectivity index (χ0) is 14.8. The number of nitrogens with zero attached hydrogens (tertiary/aromatic N) is 3. The van der Waals surface area contributed by atoms with Gasteiger partial charge in [0.05, 0.1) is 6.61 Å². The summed E-state index contributed by atoms with van der Waals surface area (Å²) in [6.45, 7) is 6.40. The summed E-state index contributed by atoms with van der Waals surface area (Å²) in [4.78, 5) is 17.0. The molecule has 0 spiro atoms. The highest BCUT2D eigenvalue weighted by atomic mass is 32.1. The van der Waals surface area contributed by atoms with Crippen LogP contribution in [0.25, 0.3) is 0 Å². The van der Waals surface area contributed by atoms with E-state index in [1.54, 1.807) is 6.92 Å². The molecule has 1 aromatic heterocycles. The van der Waals surface area contributed by atoms with Gasteiger partial charge in [-0.2, -0.15) is 4.37 Å². The Labute approximate surface area is 129 Å². The Morgan fingerprint density at radius 3 is 3.05 bits per heavy atom. The second-order valence-corrected chi connectivity index (χ2v) is 6.35.